The number of piperidine rings is 1. The second-order valence-corrected chi connectivity index (χ2v) is 6.22. The number of nitrogens with one attached hydrogen (secondary N) is 1. The van der Waals surface area contributed by atoms with Crippen molar-refractivity contribution in [1.82, 2.24) is 19.9 Å². The molecule has 1 aliphatic heterocycles. The Morgan fingerprint density at radius 2 is 2.00 bits per heavy atom. The van der Waals surface area contributed by atoms with Crippen molar-refractivity contribution in [3.63, 3.8) is 0 Å². The van der Waals surface area contributed by atoms with E-state index in [1.54, 1.807) is 18.7 Å². The van der Waals surface area contributed by atoms with E-state index in [1.807, 2.05) is 25.1 Å². The van der Waals surface area contributed by atoms with Crippen LogP contribution in [0.5, 0.6) is 0 Å². The van der Waals surface area contributed by atoms with Gasteiger partial charge in [0.1, 0.15) is 18.0 Å². The van der Waals surface area contributed by atoms with E-state index in [0.29, 0.717) is 11.1 Å². The maximum atomic E-state index is 5.85. The average molecular weight is 334 g/mol. The van der Waals surface area contributed by atoms with Gasteiger partial charge in [-0.1, -0.05) is 11.6 Å². The fourth-order valence-electron chi connectivity index (χ4n) is 2.63. The van der Waals surface area contributed by atoms with Crippen molar-refractivity contribution in [1.29, 1.82) is 0 Å². The van der Waals surface area contributed by atoms with E-state index in [9.17, 15) is 0 Å². The Labute approximate surface area is 140 Å². The molecule has 0 aromatic carbocycles. The van der Waals surface area contributed by atoms with E-state index in [0.717, 1.165) is 43.5 Å². The Morgan fingerprint density at radius 1 is 1.22 bits per heavy atom. The fraction of sp³-hybridized carbons (Fsp3) is 0.467. The van der Waals surface area contributed by atoms with Crippen molar-refractivity contribution in [2.45, 2.75) is 18.9 Å². The molecule has 0 bridgehead atoms. The smallest absolute Gasteiger partial charge is 0.225 e. The van der Waals surface area contributed by atoms with Gasteiger partial charge in [0.25, 0.3) is 0 Å². The zero-order valence-electron chi connectivity index (χ0n) is 13.3. The predicted molar refractivity (Wildman–Crippen MR) is 92.3 cm³/mol. The van der Waals surface area contributed by atoms with Crippen LogP contribution in [0.2, 0.25) is 5.02 Å². The molecule has 8 heteroatoms. The normalized spacial score (nSPS) is 17.9. The molecule has 3 rings (SSSR count). The van der Waals surface area contributed by atoms with Crippen LogP contribution < -0.4 is 15.1 Å². The molecule has 1 atom stereocenters. The fourth-order valence-corrected chi connectivity index (χ4v) is 2.72. The molecule has 0 spiro atoms. The topological polar surface area (TPSA) is 70.1 Å². The summed E-state index contributed by atoms with van der Waals surface area (Å²) in [6.45, 7) is 1.79. The van der Waals surface area contributed by atoms with E-state index in [-0.39, 0.29) is 0 Å². The number of hydrogen-bond acceptors (Lipinski definition) is 7. The quantitative estimate of drug-likeness (QED) is 0.918. The summed E-state index contributed by atoms with van der Waals surface area (Å²) in [7, 11) is 3.93. The Morgan fingerprint density at radius 3 is 2.74 bits per heavy atom. The second-order valence-electron chi connectivity index (χ2n) is 5.79. The van der Waals surface area contributed by atoms with Gasteiger partial charge in [0, 0.05) is 39.3 Å². The van der Waals surface area contributed by atoms with Crippen LogP contribution in [0.1, 0.15) is 12.8 Å². The third kappa shape index (κ3) is 3.98. The zero-order chi connectivity index (χ0) is 16.2. The lowest BCUT2D eigenvalue weighted by Gasteiger charge is -2.33. The van der Waals surface area contributed by atoms with Crippen molar-refractivity contribution in [3.8, 4) is 0 Å². The molecular formula is C15H20ClN7. The summed E-state index contributed by atoms with van der Waals surface area (Å²) in [5.41, 5.74) is 0. The summed E-state index contributed by atoms with van der Waals surface area (Å²) < 4.78 is 0. The number of rotatable bonds is 4. The monoisotopic (exact) mass is 333 g/mol. The Hall–Kier alpha value is -2.15. The van der Waals surface area contributed by atoms with E-state index < -0.39 is 0 Å². The van der Waals surface area contributed by atoms with Crippen LogP contribution in [-0.4, -0.2) is 53.2 Å². The first-order valence-electron chi connectivity index (χ1n) is 7.60. The molecule has 1 unspecified atom stereocenters. The van der Waals surface area contributed by atoms with E-state index in [4.69, 9.17) is 11.6 Å². The lowest BCUT2D eigenvalue weighted by atomic mass is 10.1. The molecular weight excluding hydrogens is 314 g/mol. The first-order valence-corrected chi connectivity index (χ1v) is 7.98. The van der Waals surface area contributed by atoms with E-state index in [1.165, 1.54) is 0 Å². The largest absolute Gasteiger partial charge is 0.365 e. The highest BCUT2D eigenvalue weighted by atomic mass is 35.5. The van der Waals surface area contributed by atoms with Gasteiger partial charge >= 0.3 is 0 Å². The summed E-state index contributed by atoms with van der Waals surface area (Å²) in [6, 6.07) is 2.26. The predicted octanol–water partition coefficient (Wildman–Crippen LogP) is 2.07. The molecule has 0 aliphatic carbocycles. The summed E-state index contributed by atoms with van der Waals surface area (Å²) in [6.07, 6.45) is 7.02. The molecule has 3 heterocycles. The number of anilines is 3. The molecule has 1 aliphatic rings. The van der Waals surface area contributed by atoms with Crippen LogP contribution in [0.25, 0.3) is 0 Å². The highest BCUT2D eigenvalue weighted by Crippen LogP contribution is 2.20. The van der Waals surface area contributed by atoms with Gasteiger partial charge in [-0.3, -0.25) is 0 Å². The molecule has 7 nitrogen and oxygen atoms in total. The molecule has 23 heavy (non-hydrogen) atoms. The minimum atomic E-state index is 0.299. The number of halogens is 1. The van der Waals surface area contributed by atoms with E-state index >= 15 is 0 Å². The molecule has 0 saturated carbocycles. The van der Waals surface area contributed by atoms with Crippen LogP contribution in [0.3, 0.4) is 0 Å². The van der Waals surface area contributed by atoms with Gasteiger partial charge < -0.3 is 15.1 Å². The third-order valence-electron chi connectivity index (χ3n) is 3.77. The summed E-state index contributed by atoms with van der Waals surface area (Å²) in [5, 5.41) is 4.04. The summed E-state index contributed by atoms with van der Waals surface area (Å²) in [4.78, 5) is 21.3. The van der Waals surface area contributed by atoms with Gasteiger partial charge in [0.05, 0.1) is 17.4 Å². The molecule has 2 aromatic heterocycles. The highest BCUT2D eigenvalue weighted by Gasteiger charge is 2.22. The molecule has 0 radical (unpaired) electrons. The summed E-state index contributed by atoms with van der Waals surface area (Å²) >= 11 is 5.85. The SMILES string of the molecule is CN(C)c1cc(NC2CCCN(c3ncc(Cl)cn3)C2)ncn1. The van der Waals surface area contributed by atoms with Crippen LogP contribution in [0, 0.1) is 0 Å². The number of hydrogen-bond donors (Lipinski definition) is 1. The molecule has 1 fully saturated rings. The first-order chi connectivity index (χ1) is 11.1. The lowest BCUT2D eigenvalue weighted by molar-refractivity contribution is 0.521. The molecule has 0 amide bonds. The van der Waals surface area contributed by atoms with Crippen LogP contribution >= 0.6 is 11.6 Å². The zero-order valence-corrected chi connectivity index (χ0v) is 14.0. The minimum absolute atomic E-state index is 0.299. The third-order valence-corrected chi connectivity index (χ3v) is 3.97. The van der Waals surface area contributed by atoms with Gasteiger partial charge in [0.2, 0.25) is 5.95 Å². The Bertz CT molecular complexity index is 647. The van der Waals surface area contributed by atoms with Gasteiger partial charge in [-0.05, 0) is 12.8 Å². The Balaban J connectivity index is 1.67. The van der Waals surface area contributed by atoms with Gasteiger partial charge in [0.15, 0.2) is 0 Å². The molecule has 1 saturated heterocycles. The van der Waals surface area contributed by atoms with Crippen molar-refractivity contribution >= 4 is 29.2 Å². The van der Waals surface area contributed by atoms with Crippen molar-refractivity contribution in [2.24, 2.45) is 0 Å². The maximum absolute atomic E-state index is 5.85. The minimum Gasteiger partial charge on any atom is -0.365 e. The van der Waals surface area contributed by atoms with Gasteiger partial charge in [-0.2, -0.15) is 0 Å². The number of aromatic nitrogens is 4. The van der Waals surface area contributed by atoms with E-state index in [2.05, 4.69) is 30.2 Å². The average Bonchev–Trinajstić information content (AvgIpc) is 2.56. The molecule has 2 aromatic rings. The van der Waals surface area contributed by atoms with Crippen molar-refractivity contribution in [3.05, 3.63) is 29.8 Å². The standard InChI is InChI=1S/C15H20ClN7/c1-22(2)14-6-13(19-10-20-14)21-12-4-3-5-23(9-12)15-17-7-11(16)8-18-15/h6-8,10,12H,3-5,9H2,1-2H3,(H,19,20,21). The van der Waals surface area contributed by atoms with Crippen molar-refractivity contribution in [2.75, 3.05) is 42.3 Å². The first kappa shape index (κ1) is 15.7. The second kappa shape index (κ2) is 6.95. The maximum Gasteiger partial charge on any atom is 0.225 e. The Kier molecular flexibility index (Phi) is 4.76. The summed E-state index contributed by atoms with van der Waals surface area (Å²) in [5.74, 6) is 2.45. The lowest BCUT2D eigenvalue weighted by Crippen LogP contribution is -2.43. The number of nitrogens with zero attached hydrogens (tertiary/aromatic N) is 6. The molecule has 122 valence electrons. The molecule has 1 N–H and O–H groups in total. The van der Waals surface area contributed by atoms with Crippen molar-refractivity contribution < 1.29 is 0 Å². The highest BCUT2D eigenvalue weighted by molar-refractivity contribution is 6.30. The van der Waals surface area contributed by atoms with Gasteiger partial charge in [-0.25, -0.2) is 19.9 Å². The van der Waals surface area contributed by atoms with Crippen LogP contribution in [0.15, 0.2) is 24.8 Å². The van der Waals surface area contributed by atoms with Gasteiger partial charge in [-0.15, -0.1) is 0 Å². The van der Waals surface area contributed by atoms with Crippen LogP contribution in [-0.2, 0) is 0 Å². The van der Waals surface area contributed by atoms with Crippen LogP contribution in [0.4, 0.5) is 17.6 Å².